The summed E-state index contributed by atoms with van der Waals surface area (Å²) in [4.78, 5) is 0. The van der Waals surface area contributed by atoms with Crippen LogP contribution in [0.2, 0.25) is 0 Å². The van der Waals surface area contributed by atoms with Gasteiger partial charge in [-0.25, -0.2) is 13.1 Å². The molecule has 2 atom stereocenters. The van der Waals surface area contributed by atoms with Crippen molar-refractivity contribution in [2.24, 2.45) is 0 Å². The third kappa shape index (κ3) is 3.12. The van der Waals surface area contributed by atoms with Crippen molar-refractivity contribution in [2.75, 3.05) is 6.26 Å². The molecule has 102 valence electrons. The van der Waals surface area contributed by atoms with E-state index in [4.69, 9.17) is 0 Å². The van der Waals surface area contributed by atoms with Gasteiger partial charge in [-0.15, -0.1) is 11.3 Å². The Morgan fingerprint density at radius 3 is 2.78 bits per heavy atom. The first-order valence-electron chi connectivity index (χ1n) is 5.75. The van der Waals surface area contributed by atoms with Gasteiger partial charge in [0.15, 0.2) is 0 Å². The molecule has 1 fully saturated rings. The Kier molecular flexibility index (Phi) is 4.80. The normalized spacial score (nSPS) is 24.6. The van der Waals surface area contributed by atoms with Crippen LogP contribution in [0.1, 0.15) is 24.8 Å². The minimum atomic E-state index is -3.36. The maximum Gasteiger partial charge on any atom is 0.250 e. The minimum absolute atomic E-state index is 0.0752. The Balaban J connectivity index is 2.17. The van der Waals surface area contributed by atoms with Gasteiger partial charge in [0.2, 0.25) is 10.0 Å². The van der Waals surface area contributed by atoms with Crippen LogP contribution in [0.5, 0.6) is 0 Å². The molecule has 18 heavy (non-hydrogen) atoms. The summed E-state index contributed by atoms with van der Waals surface area (Å²) in [7, 11) is -3.36. The number of hydrogen-bond donors (Lipinski definition) is 1. The topological polar surface area (TPSA) is 46.2 Å². The molecule has 0 saturated heterocycles. The lowest BCUT2D eigenvalue weighted by molar-refractivity contribution is 0.557. The molecule has 1 aliphatic rings. The van der Waals surface area contributed by atoms with Crippen molar-refractivity contribution in [3.8, 4) is 0 Å². The van der Waals surface area contributed by atoms with Crippen molar-refractivity contribution >= 4 is 49.1 Å². The average molecular weight is 370 g/mol. The van der Waals surface area contributed by atoms with Gasteiger partial charge in [0, 0.05) is 11.3 Å². The third-order valence-electron chi connectivity index (χ3n) is 3.16. The second-order valence-corrected chi connectivity index (χ2v) is 9.84. The molecular weight excluding hydrogens is 354 g/mol. The van der Waals surface area contributed by atoms with Gasteiger partial charge >= 0.3 is 0 Å². The second-order valence-electron chi connectivity index (χ2n) is 4.45. The van der Waals surface area contributed by atoms with E-state index >= 15 is 0 Å². The van der Waals surface area contributed by atoms with E-state index in [-0.39, 0.29) is 6.04 Å². The summed E-state index contributed by atoms with van der Waals surface area (Å²) in [5, 5.41) is 0.407. The molecular formula is C11H16BrNO2S3. The first-order valence-corrected chi connectivity index (χ1v) is 10.1. The Hall–Kier alpha value is 0.440. The van der Waals surface area contributed by atoms with Crippen LogP contribution in [-0.2, 0) is 10.0 Å². The van der Waals surface area contributed by atoms with Gasteiger partial charge < -0.3 is 0 Å². The van der Waals surface area contributed by atoms with Crippen LogP contribution in [0.4, 0.5) is 0 Å². The van der Waals surface area contributed by atoms with Gasteiger partial charge in [-0.2, -0.15) is 11.8 Å². The van der Waals surface area contributed by atoms with Crippen LogP contribution in [0.25, 0.3) is 0 Å². The molecule has 3 nitrogen and oxygen atoms in total. The summed E-state index contributed by atoms with van der Waals surface area (Å²) in [5.74, 6) is 0. The van der Waals surface area contributed by atoms with Gasteiger partial charge in [0.05, 0.1) is 3.79 Å². The van der Waals surface area contributed by atoms with Gasteiger partial charge in [0.1, 0.15) is 4.21 Å². The zero-order valence-corrected chi connectivity index (χ0v) is 14.3. The molecule has 0 amide bonds. The van der Waals surface area contributed by atoms with Crippen molar-refractivity contribution in [2.45, 2.75) is 41.7 Å². The molecule has 0 radical (unpaired) electrons. The SMILES string of the molecule is CSC1CCCC1NS(=O)(=O)c1cc(C)c(Br)s1. The van der Waals surface area contributed by atoms with E-state index in [1.165, 1.54) is 11.3 Å². The molecule has 7 heteroatoms. The highest BCUT2D eigenvalue weighted by Gasteiger charge is 2.31. The monoisotopic (exact) mass is 369 g/mol. The molecule has 1 aliphatic carbocycles. The van der Waals surface area contributed by atoms with Gasteiger partial charge in [0.25, 0.3) is 0 Å². The van der Waals surface area contributed by atoms with E-state index in [0.717, 1.165) is 28.6 Å². The highest BCUT2D eigenvalue weighted by molar-refractivity contribution is 9.11. The van der Waals surface area contributed by atoms with Crippen LogP contribution in [0.15, 0.2) is 14.1 Å². The van der Waals surface area contributed by atoms with Crippen LogP contribution >= 0.6 is 39.0 Å². The predicted molar refractivity (Wildman–Crippen MR) is 82.0 cm³/mol. The van der Waals surface area contributed by atoms with Crippen molar-refractivity contribution in [3.05, 3.63) is 15.4 Å². The fraction of sp³-hybridized carbons (Fsp3) is 0.636. The fourth-order valence-electron chi connectivity index (χ4n) is 2.16. The molecule has 0 spiro atoms. The zero-order chi connectivity index (χ0) is 13.3. The van der Waals surface area contributed by atoms with E-state index in [1.54, 1.807) is 17.8 Å². The van der Waals surface area contributed by atoms with E-state index in [2.05, 4.69) is 20.7 Å². The van der Waals surface area contributed by atoms with E-state index in [9.17, 15) is 8.42 Å². The molecule has 0 aromatic carbocycles. The smallest absolute Gasteiger partial charge is 0.206 e. The highest BCUT2D eigenvalue weighted by atomic mass is 79.9. The van der Waals surface area contributed by atoms with Crippen LogP contribution < -0.4 is 4.72 Å². The van der Waals surface area contributed by atoms with Crippen LogP contribution in [-0.4, -0.2) is 26.0 Å². The van der Waals surface area contributed by atoms with Crippen molar-refractivity contribution in [1.82, 2.24) is 4.72 Å². The Labute approximate surface area is 125 Å². The van der Waals surface area contributed by atoms with Crippen molar-refractivity contribution in [1.29, 1.82) is 0 Å². The van der Waals surface area contributed by atoms with Gasteiger partial charge in [-0.05, 0) is 53.6 Å². The minimum Gasteiger partial charge on any atom is -0.206 e. The number of rotatable bonds is 4. The lowest BCUT2D eigenvalue weighted by Crippen LogP contribution is -2.38. The average Bonchev–Trinajstić information content (AvgIpc) is 2.86. The predicted octanol–water partition coefficient (Wildman–Crippen LogP) is 3.38. The first kappa shape index (κ1) is 14.8. The van der Waals surface area contributed by atoms with Crippen molar-refractivity contribution < 1.29 is 8.42 Å². The van der Waals surface area contributed by atoms with Crippen LogP contribution in [0, 0.1) is 6.92 Å². The molecule has 1 aromatic heterocycles. The van der Waals surface area contributed by atoms with E-state index < -0.39 is 10.0 Å². The lowest BCUT2D eigenvalue weighted by atomic mass is 10.3. The summed E-state index contributed by atoms with van der Waals surface area (Å²) < 4.78 is 28.7. The summed E-state index contributed by atoms with van der Waals surface area (Å²) >= 11 is 6.39. The molecule has 1 saturated carbocycles. The number of nitrogens with one attached hydrogen (secondary N) is 1. The molecule has 0 bridgehead atoms. The molecule has 0 aliphatic heterocycles. The number of sulfonamides is 1. The number of hydrogen-bond acceptors (Lipinski definition) is 4. The second kappa shape index (κ2) is 5.83. The molecule has 2 rings (SSSR count). The molecule has 1 heterocycles. The van der Waals surface area contributed by atoms with Crippen LogP contribution in [0.3, 0.4) is 0 Å². The summed E-state index contributed by atoms with van der Waals surface area (Å²) in [5.41, 5.74) is 0.966. The third-order valence-corrected chi connectivity index (χ3v) is 8.43. The summed E-state index contributed by atoms with van der Waals surface area (Å²) in [6.45, 7) is 1.90. The van der Waals surface area contributed by atoms with Gasteiger partial charge in [-0.1, -0.05) is 6.42 Å². The number of halogens is 1. The molecule has 1 aromatic rings. The number of aryl methyl sites for hydroxylation is 1. The largest absolute Gasteiger partial charge is 0.250 e. The van der Waals surface area contributed by atoms with Crippen molar-refractivity contribution in [3.63, 3.8) is 0 Å². The zero-order valence-electron chi connectivity index (χ0n) is 10.3. The Morgan fingerprint density at radius 2 is 2.22 bits per heavy atom. The Bertz CT molecular complexity index is 507. The van der Waals surface area contributed by atoms with E-state index in [1.807, 2.05) is 13.2 Å². The summed E-state index contributed by atoms with van der Waals surface area (Å²) in [6, 6.07) is 1.80. The van der Waals surface area contributed by atoms with E-state index in [0.29, 0.717) is 9.46 Å². The standard InChI is InChI=1S/C11H16BrNO2S3/c1-7-6-10(17-11(7)12)18(14,15)13-8-4-3-5-9(8)16-2/h6,8-9,13H,3-5H2,1-2H3. The van der Waals surface area contributed by atoms with Gasteiger partial charge in [-0.3, -0.25) is 0 Å². The maximum absolute atomic E-state index is 12.3. The number of thiophene rings is 1. The Morgan fingerprint density at radius 1 is 1.50 bits per heavy atom. The highest BCUT2D eigenvalue weighted by Crippen LogP contribution is 2.33. The quantitative estimate of drug-likeness (QED) is 0.884. The fourth-order valence-corrected chi connectivity index (χ4v) is 6.74. The summed E-state index contributed by atoms with van der Waals surface area (Å²) in [6.07, 6.45) is 5.19. The maximum atomic E-state index is 12.3. The molecule has 2 unspecified atom stereocenters. The number of thioether (sulfide) groups is 1. The lowest BCUT2D eigenvalue weighted by Gasteiger charge is -2.18. The first-order chi connectivity index (χ1) is 8.44. The molecule has 1 N–H and O–H groups in total.